The molecule has 9 heteroatoms. The lowest BCUT2D eigenvalue weighted by Gasteiger charge is -2.06. The van der Waals surface area contributed by atoms with E-state index in [1.807, 2.05) is 0 Å². The molecule has 3 rings (SSSR count). The zero-order valence-electron chi connectivity index (χ0n) is 15.7. The Morgan fingerprint density at radius 2 is 1.67 bits per heavy atom. The number of hydrazone groups is 1. The van der Waals surface area contributed by atoms with Crippen molar-refractivity contribution in [2.24, 2.45) is 5.10 Å². The Morgan fingerprint density at radius 3 is 2.30 bits per heavy atom. The van der Waals surface area contributed by atoms with Crippen molar-refractivity contribution < 1.29 is 19.1 Å². The van der Waals surface area contributed by atoms with E-state index < -0.39 is 17.8 Å². The number of anilines is 1. The number of carbonyl (C=O) groups excluding carboxylic acids is 3. The van der Waals surface area contributed by atoms with Gasteiger partial charge >= 0.3 is 17.8 Å². The third kappa shape index (κ3) is 5.76. The first-order valence-corrected chi connectivity index (χ1v) is 9.95. The molecular formula is C21H16ClN3O4S. The summed E-state index contributed by atoms with van der Waals surface area (Å²) >= 11 is 7.08. The van der Waals surface area contributed by atoms with Crippen LogP contribution in [0.5, 0.6) is 5.75 Å². The van der Waals surface area contributed by atoms with Gasteiger partial charge in [0, 0.05) is 10.7 Å². The highest BCUT2D eigenvalue weighted by Crippen LogP contribution is 2.17. The molecule has 0 aliphatic rings. The molecule has 2 N–H and O–H groups in total. The second-order valence-corrected chi connectivity index (χ2v) is 7.37. The minimum atomic E-state index is -0.911. The van der Waals surface area contributed by atoms with Crippen molar-refractivity contribution in [3.63, 3.8) is 0 Å². The van der Waals surface area contributed by atoms with Gasteiger partial charge in [-0.2, -0.15) is 5.10 Å². The molecule has 0 saturated carbocycles. The average Bonchev–Trinajstić information content (AvgIpc) is 3.29. The monoisotopic (exact) mass is 441 g/mol. The zero-order valence-corrected chi connectivity index (χ0v) is 17.3. The first kappa shape index (κ1) is 21.2. The molecule has 0 fully saturated rings. The molecule has 0 atom stereocenters. The predicted molar refractivity (Wildman–Crippen MR) is 116 cm³/mol. The molecule has 0 spiro atoms. The fourth-order valence-corrected chi connectivity index (χ4v) is 3.01. The number of hydrogen-bond donors (Lipinski definition) is 2. The SMILES string of the molecule is C/C(=N\NC(=O)C(=O)Nc1ccc(Cl)cc1)c1ccc(OC(=O)c2cccs2)cc1. The quantitative estimate of drug-likeness (QED) is 0.205. The molecule has 1 heterocycles. The largest absolute Gasteiger partial charge is 0.422 e. The van der Waals surface area contributed by atoms with Crippen LogP contribution in [0.3, 0.4) is 0 Å². The van der Waals surface area contributed by atoms with Crippen LogP contribution < -0.4 is 15.5 Å². The zero-order chi connectivity index (χ0) is 21.5. The molecule has 0 aliphatic heterocycles. The summed E-state index contributed by atoms with van der Waals surface area (Å²) in [6.45, 7) is 1.67. The smallest absolute Gasteiger partial charge is 0.353 e. The van der Waals surface area contributed by atoms with Gasteiger partial charge in [-0.1, -0.05) is 17.7 Å². The second-order valence-electron chi connectivity index (χ2n) is 5.99. The molecule has 3 aromatic rings. The fraction of sp³-hybridized carbons (Fsp3) is 0.0476. The van der Waals surface area contributed by atoms with Gasteiger partial charge in [0.15, 0.2) is 0 Å². The Kier molecular flexibility index (Phi) is 6.95. The lowest BCUT2D eigenvalue weighted by atomic mass is 10.1. The summed E-state index contributed by atoms with van der Waals surface area (Å²) in [5.74, 6) is -1.81. The summed E-state index contributed by atoms with van der Waals surface area (Å²) < 4.78 is 5.29. The summed E-state index contributed by atoms with van der Waals surface area (Å²) in [4.78, 5) is 36.3. The average molecular weight is 442 g/mol. The summed E-state index contributed by atoms with van der Waals surface area (Å²) in [7, 11) is 0. The molecule has 30 heavy (non-hydrogen) atoms. The molecule has 2 amide bonds. The van der Waals surface area contributed by atoms with E-state index in [0.717, 1.165) is 0 Å². The van der Waals surface area contributed by atoms with Gasteiger partial charge in [-0.05, 0) is 72.5 Å². The molecule has 0 unspecified atom stereocenters. The minimum absolute atomic E-state index is 0.385. The maximum Gasteiger partial charge on any atom is 0.353 e. The molecule has 0 radical (unpaired) electrons. The van der Waals surface area contributed by atoms with Crippen molar-refractivity contribution in [2.75, 3.05) is 5.32 Å². The van der Waals surface area contributed by atoms with Crippen LogP contribution in [-0.4, -0.2) is 23.5 Å². The van der Waals surface area contributed by atoms with Gasteiger partial charge in [-0.3, -0.25) is 9.59 Å². The Balaban J connectivity index is 1.55. The van der Waals surface area contributed by atoms with E-state index in [4.69, 9.17) is 16.3 Å². The van der Waals surface area contributed by atoms with Crippen LogP contribution in [0.2, 0.25) is 5.02 Å². The van der Waals surface area contributed by atoms with E-state index in [0.29, 0.717) is 32.6 Å². The lowest BCUT2D eigenvalue weighted by Crippen LogP contribution is -2.32. The minimum Gasteiger partial charge on any atom is -0.422 e. The van der Waals surface area contributed by atoms with E-state index in [2.05, 4.69) is 15.8 Å². The maximum atomic E-state index is 12.0. The highest BCUT2D eigenvalue weighted by molar-refractivity contribution is 7.12. The van der Waals surface area contributed by atoms with Gasteiger partial charge in [0.05, 0.1) is 5.71 Å². The summed E-state index contributed by atoms with van der Waals surface area (Å²) in [5, 5.41) is 8.69. The number of nitrogens with one attached hydrogen (secondary N) is 2. The number of hydrogen-bond acceptors (Lipinski definition) is 6. The number of benzene rings is 2. The second kappa shape index (κ2) is 9.82. The summed E-state index contributed by atoms with van der Waals surface area (Å²) in [6, 6.07) is 16.4. The van der Waals surface area contributed by atoms with E-state index in [-0.39, 0.29) is 0 Å². The van der Waals surface area contributed by atoms with Gasteiger partial charge in [0.2, 0.25) is 0 Å². The molecule has 2 aromatic carbocycles. The van der Waals surface area contributed by atoms with E-state index in [9.17, 15) is 14.4 Å². The number of amides is 2. The van der Waals surface area contributed by atoms with Gasteiger partial charge in [-0.25, -0.2) is 10.2 Å². The highest BCUT2D eigenvalue weighted by Gasteiger charge is 2.13. The first-order valence-electron chi connectivity index (χ1n) is 8.69. The van der Waals surface area contributed by atoms with E-state index >= 15 is 0 Å². The Morgan fingerprint density at radius 1 is 0.967 bits per heavy atom. The number of thiophene rings is 1. The number of esters is 1. The van der Waals surface area contributed by atoms with Gasteiger partial charge in [0.25, 0.3) is 0 Å². The number of ether oxygens (including phenoxy) is 1. The Hall–Kier alpha value is -3.49. The lowest BCUT2D eigenvalue weighted by molar-refractivity contribution is -0.136. The number of rotatable bonds is 5. The van der Waals surface area contributed by atoms with Gasteiger partial charge in [-0.15, -0.1) is 11.3 Å². The van der Waals surface area contributed by atoms with Crippen LogP contribution in [0.4, 0.5) is 5.69 Å². The molecule has 1 aromatic heterocycles. The molecular weight excluding hydrogens is 426 g/mol. The number of carbonyl (C=O) groups is 3. The topological polar surface area (TPSA) is 96.9 Å². The van der Waals surface area contributed by atoms with Gasteiger partial charge < -0.3 is 10.1 Å². The molecule has 7 nitrogen and oxygen atoms in total. The van der Waals surface area contributed by atoms with Crippen LogP contribution in [-0.2, 0) is 9.59 Å². The number of nitrogens with zero attached hydrogens (tertiary/aromatic N) is 1. The van der Waals surface area contributed by atoms with E-state index in [1.165, 1.54) is 11.3 Å². The highest BCUT2D eigenvalue weighted by atomic mass is 35.5. The number of halogens is 1. The van der Waals surface area contributed by atoms with Gasteiger partial charge in [0.1, 0.15) is 10.6 Å². The van der Waals surface area contributed by atoms with Crippen molar-refractivity contribution >= 4 is 52.1 Å². The summed E-state index contributed by atoms with van der Waals surface area (Å²) in [6.07, 6.45) is 0. The fourth-order valence-electron chi connectivity index (χ4n) is 2.29. The Labute approximate surface area is 181 Å². The van der Waals surface area contributed by atoms with Crippen LogP contribution in [0.15, 0.2) is 71.1 Å². The van der Waals surface area contributed by atoms with Crippen LogP contribution in [0, 0.1) is 0 Å². The summed E-state index contributed by atoms with van der Waals surface area (Å²) in [5.41, 5.74) is 3.80. The van der Waals surface area contributed by atoms with E-state index in [1.54, 1.807) is 73.0 Å². The van der Waals surface area contributed by atoms with Crippen LogP contribution >= 0.6 is 22.9 Å². The van der Waals surface area contributed by atoms with Crippen LogP contribution in [0.1, 0.15) is 22.2 Å². The van der Waals surface area contributed by atoms with Crippen molar-refractivity contribution in [1.29, 1.82) is 0 Å². The third-order valence-corrected chi connectivity index (χ3v) is 4.94. The Bertz CT molecular complexity index is 1080. The normalized spacial score (nSPS) is 10.9. The maximum absolute atomic E-state index is 12.0. The van der Waals surface area contributed by atoms with Crippen molar-refractivity contribution in [3.8, 4) is 5.75 Å². The molecule has 152 valence electrons. The molecule has 0 bridgehead atoms. The molecule has 0 aliphatic carbocycles. The standard InChI is InChI=1S/C21H16ClN3O4S/c1-13(24-25-20(27)19(26)23-16-8-6-15(22)7-9-16)14-4-10-17(11-5-14)29-21(28)18-3-2-12-30-18/h2-12H,1H3,(H,23,26)(H,25,27)/b24-13+. The first-order chi connectivity index (χ1) is 14.4. The van der Waals surface area contributed by atoms with Crippen molar-refractivity contribution in [1.82, 2.24) is 5.43 Å². The van der Waals surface area contributed by atoms with Crippen molar-refractivity contribution in [2.45, 2.75) is 6.92 Å². The third-order valence-electron chi connectivity index (χ3n) is 3.84. The van der Waals surface area contributed by atoms with Crippen LogP contribution in [0.25, 0.3) is 0 Å². The predicted octanol–water partition coefficient (Wildman–Crippen LogP) is 4.10. The molecule has 0 saturated heterocycles. The van der Waals surface area contributed by atoms with Crippen molar-refractivity contribution in [3.05, 3.63) is 81.5 Å².